The largest absolute Gasteiger partial charge is 0.309 e. The Morgan fingerprint density at radius 2 is 1.07 bits per heavy atom. The van der Waals surface area contributed by atoms with Crippen LogP contribution < -0.4 is 0 Å². The van der Waals surface area contributed by atoms with E-state index in [2.05, 4.69) is 191 Å². The molecule has 3 aromatic heterocycles. The van der Waals surface area contributed by atoms with Crippen molar-refractivity contribution in [1.82, 2.24) is 19.1 Å². The molecule has 0 saturated carbocycles. The van der Waals surface area contributed by atoms with Gasteiger partial charge in [-0.25, -0.2) is 9.97 Å². The summed E-state index contributed by atoms with van der Waals surface area (Å²) in [6, 6.07) is 59.7. The first-order chi connectivity index (χ1) is 28.8. The normalized spacial score (nSPS) is 13.4. The second-order valence-corrected chi connectivity index (χ2v) is 15.6. The van der Waals surface area contributed by atoms with Crippen LogP contribution in [0.3, 0.4) is 0 Å². The fourth-order valence-electron chi connectivity index (χ4n) is 10.0. The Hall–Kier alpha value is -7.56. The summed E-state index contributed by atoms with van der Waals surface area (Å²) >= 11 is 0. The van der Waals surface area contributed by atoms with Crippen LogP contribution in [0.4, 0.5) is 0 Å². The highest BCUT2D eigenvalue weighted by Gasteiger charge is 2.26. The van der Waals surface area contributed by atoms with Crippen molar-refractivity contribution in [2.45, 2.75) is 12.8 Å². The third-order valence-electron chi connectivity index (χ3n) is 12.5. The van der Waals surface area contributed by atoms with Gasteiger partial charge in [0.05, 0.1) is 33.1 Å². The van der Waals surface area contributed by atoms with Crippen LogP contribution in [0.1, 0.15) is 18.4 Å². The lowest BCUT2D eigenvalue weighted by Gasteiger charge is -2.15. The first-order valence-corrected chi connectivity index (χ1v) is 20.1. The highest BCUT2D eigenvalue weighted by Crippen LogP contribution is 2.48. The first kappa shape index (κ1) is 31.6. The second-order valence-electron chi connectivity index (χ2n) is 15.6. The lowest BCUT2D eigenvalue weighted by atomic mass is 9.95. The van der Waals surface area contributed by atoms with Crippen LogP contribution in [-0.2, 0) is 0 Å². The van der Waals surface area contributed by atoms with Gasteiger partial charge in [-0.1, -0.05) is 140 Å². The van der Waals surface area contributed by atoms with Crippen LogP contribution in [0.25, 0.3) is 115 Å². The number of nitrogens with zero attached hydrogens (tertiary/aromatic N) is 4. The van der Waals surface area contributed by atoms with Crippen molar-refractivity contribution in [2.75, 3.05) is 0 Å². The summed E-state index contributed by atoms with van der Waals surface area (Å²) in [4.78, 5) is 11.1. The summed E-state index contributed by atoms with van der Waals surface area (Å²) < 4.78 is 4.88. The average Bonchev–Trinajstić information content (AvgIpc) is 3.82. The van der Waals surface area contributed by atoms with E-state index in [0.29, 0.717) is 0 Å². The van der Waals surface area contributed by atoms with Crippen molar-refractivity contribution in [3.8, 4) is 22.8 Å². The van der Waals surface area contributed by atoms with E-state index in [1.165, 1.54) is 70.9 Å². The van der Waals surface area contributed by atoms with E-state index < -0.39 is 0 Å². The molecular weight excluding hydrogens is 705 g/mol. The van der Waals surface area contributed by atoms with Crippen molar-refractivity contribution in [3.63, 3.8) is 0 Å². The van der Waals surface area contributed by atoms with E-state index in [9.17, 15) is 0 Å². The van der Waals surface area contributed by atoms with Crippen molar-refractivity contribution in [2.24, 2.45) is 0 Å². The molecule has 0 radical (unpaired) electrons. The summed E-state index contributed by atoms with van der Waals surface area (Å²) in [7, 11) is 0. The van der Waals surface area contributed by atoms with E-state index in [1.807, 2.05) is 0 Å². The summed E-state index contributed by atoms with van der Waals surface area (Å²) in [5.41, 5.74) is 12.1. The predicted octanol–water partition coefficient (Wildman–Crippen LogP) is 14.1. The van der Waals surface area contributed by atoms with Gasteiger partial charge in [0.25, 0.3) is 0 Å². The third-order valence-corrected chi connectivity index (χ3v) is 12.5. The monoisotopic (exact) mass is 738 g/mol. The highest BCUT2D eigenvalue weighted by molar-refractivity contribution is 6.39. The maximum atomic E-state index is 5.59. The Balaban J connectivity index is 1.23. The minimum atomic E-state index is 0.824. The number of hydrogen-bond acceptors (Lipinski definition) is 2. The maximum absolute atomic E-state index is 5.59. The number of hydrogen-bond donors (Lipinski definition) is 0. The van der Waals surface area contributed by atoms with E-state index >= 15 is 0 Å². The Morgan fingerprint density at radius 1 is 0.448 bits per heavy atom. The minimum Gasteiger partial charge on any atom is -0.309 e. The van der Waals surface area contributed by atoms with Gasteiger partial charge in [-0.3, -0.25) is 4.57 Å². The molecule has 270 valence electrons. The summed E-state index contributed by atoms with van der Waals surface area (Å²) in [6.07, 6.45) is 8.85. The van der Waals surface area contributed by atoms with E-state index in [-0.39, 0.29) is 0 Å². The van der Waals surface area contributed by atoms with Crippen molar-refractivity contribution < 1.29 is 0 Å². The van der Waals surface area contributed by atoms with Crippen LogP contribution in [0.2, 0.25) is 0 Å². The molecule has 0 N–H and O–H groups in total. The fourth-order valence-corrected chi connectivity index (χ4v) is 10.0. The zero-order valence-corrected chi connectivity index (χ0v) is 31.5. The number of aromatic nitrogens is 4. The lowest BCUT2D eigenvalue weighted by Crippen LogP contribution is -2.04. The smallest absolute Gasteiger partial charge is 0.165 e. The molecule has 0 saturated heterocycles. The summed E-state index contributed by atoms with van der Waals surface area (Å²) in [6.45, 7) is 0. The lowest BCUT2D eigenvalue weighted by molar-refractivity contribution is 1.05. The molecule has 0 fully saturated rings. The molecule has 12 aromatic rings. The zero-order valence-electron chi connectivity index (χ0n) is 31.5. The van der Waals surface area contributed by atoms with Gasteiger partial charge in [-0.15, -0.1) is 0 Å². The molecule has 0 aliphatic heterocycles. The predicted molar refractivity (Wildman–Crippen MR) is 244 cm³/mol. The Labute approximate surface area is 333 Å². The van der Waals surface area contributed by atoms with Gasteiger partial charge in [0.1, 0.15) is 5.69 Å². The molecule has 4 heteroatoms. The van der Waals surface area contributed by atoms with E-state index in [1.54, 1.807) is 0 Å². The molecule has 1 aliphatic carbocycles. The van der Waals surface area contributed by atoms with Crippen LogP contribution in [-0.4, -0.2) is 19.1 Å². The maximum Gasteiger partial charge on any atom is 0.165 e. The van der Waals surface area contributed by atoms with Crippen LogP contribution in [0.5, 0.6) is 0 Å². The summed E-state index contributed by atoms with van der Waals surface area (Å²) in [5.74, 6) is 0.824. The van der Waals surface area contributed by atoms with E-state index in [0.717, 1.165) is 62.8 Å². The topological polar surface area (TPSA) is 35.6 Å². The number of allylic oxidation sites excluding steroid dienone is 4. The van der Waals surface area contributed by atoms with Crippen LogP contribution in [0, 0.1) is 0 Å². The number of rotatable bonds is 4. The van der Waals surface area contributed by atoms with Gasteiger partial charge in [-0.2, -0.15) is 0 Å². The molecule has 9 aromatic carbocycles. The second kappa shape index (κ2) is 12.0. The molecule has 1 aliphatic rings. The Morgan fingerprint density at radius 3 is 1.81 bits per heavy atom. The van der Waals surface area contributed by atoms with Crippen molar-refractivity contribution in [1.29, 1.82) is 0 Å². The zero-order chi connectivity index (χ0) is 37.9. The van der Waals surface area contributed by atoms with Gasteiger partial charge >= 0.3 is 0 Å². The molecule has 0 bridgehead atoms. The number of benzene rings is 8. The minimum absolute atomic E-state index is 0.824. The van der Waals surface area contributed by atoms with Gasteiger partial charge in [0, 0.05) is 38.2 Å². The third kappa shape index (κ3) is 4.34. The van der Waals surface area contributed by atoms with Crippen molar-refractivity contribution >= 4 is 92.5 Å². The van der Waals surface area contributed by atoms with Gasteiger partial charge in [0.15, 0.2) is 5.82 Å². The molecule has 0 spiro atoms. The first-order valence-electron chi connectivity index (χ1n) is 20.1. The fraction of sp³-hybridized carbons (Fsp3) is 0.0370. The van der Waals surface area contributed by atoms with Crippen LogP contribution in [0.15, 0.2) is 182 Å². The molecule has 0 unspecified atom stereocenters. The molecule has 0 amide bonds. The quantitative estimate of drug-likeness (QED) is 0.169. The molecular formula is C54H34N4. The SMILES string of the molecule is C1=CCCC(c2cccc(-n3c4cccc5c6ccccc6c6cccc7c6c6c(c54)c3ccc6n7-c3nc4ccc5ccccc5c4nc3-c3ccccc3)c2)=C1. The molecule has 58 heavy (non-hydrogen) atoms. The highest BCUT2D eigenvalue weighted by atomic mass is 15.1. The van der Waals surface area contributed by atoms with Gasteiger partial charge in [0.2, 0.25) is 0 Å². The Bertz CT molecular complexity index is 3730. The Kier molecular flexibility index (Phi) is 6.53. The molecule has 0 atom stereocenters. The number of fused-ring (bicyclic) bond motifs is 6. The standard InChI is InChI=1S/C54H34N4/c1-3-14-33(15-4-1)36-19-11-20-37(32-36)57-44-26-12-24-41-39-22-9-10-23-40(39)42-25-13-27-45-49(42)51-47(31-30-46(57)50(51)48(41)44)58(45)54-52(35-17-5-2-6-18-35)56-53-38-21-8-7-16-34(38)28-29-43(53)55-54/h1-3,5-14,16-32H,4,15H2. The van der Waals surface area contributed by atoms with Crippen molar-refractivity contribution in [3.05, 3.63) is 188 Å². The van der Waals surface area contributed by atoms with Crippen LogP contribution >= 0.6 is 0 Å². The van der Waals surface area contributed by atoms with Gasteiger partial charge < -0.3 is 4.57 Å². The molecule has 13 rings (SSSR count). The van der Waals surface area contributed by atoms with E-state index in [4.69, 9.17) is 9.97 Å². The summed E-state index contributed by atoms with van der Waals surface area (Å²) in [5, 5.41) is 12.2. The molecule has 3 heterocycles. The van der Waals surface area contributed by atoms with Gasteiger partial charge in [-0.05, 0) is 93.4 Å². The average molecular weight is 739 g/mol. The molecule has 4 nitrogen and oxygen atoms in total.